The summed E-state index contributed by atoms with van der Waals surface area (Å²) in [6, 6.07) is 11.5. The number of nitrogens with zero attached hydrogens (tertiary/aromatic N) is 2. The van der Waals surface area contributed by atoms with Gasteiger partial charge < -0.3 is 14.6 Å². The molecule has 1 aromatic heterocycles. The largest absolute Gasteiger partial charge is 0.497 e. The summed E-state index contributed by atoms with van der Waals surface area (Å²) < 4.78 is 26.9. The van der Waals surface area contributed by atoms with Crippen molar-refractivity contribution in [1.29, 1.82) is 0 Å². The van der Waals surface area contributed by atoms with Crippen molar-refractivity contribution in [3.63, 3.8) is 0 Å². The number of aromatic nitrogens is 2. The molecule has 214 valence electrons. The van der Waals surface area contributed by atoms with Gasteiger partial charge in [-0.05, 0) is 63.1 Å². The Labute approximate surface area is 243 Å². The van der Waals surface area contributed by atoms with E-state index in [4.69, 9.17) is 32.5 Å². The lowest BCUT2D eigenvalue weighted by atomic mass is 10.0. The Morgan fingerprint density at radius 3 is 2.33 bits per heavy atom. The number of carbonyl (C=O) groups is 2. The van der Waals surface area contributed by atoms with Crippen molar-refractivity contribution in [3.8, 4) is 11.5 Å². The van der Waals surface area contributed by atoms with Crippen LogP contribution in [-0.2, 0) is 11.0 Å². The fourth-order valence-electron chi connectivity index (χ4n) is 4.47. The van der Waals surface area contributed by atoms with E-state index in [1.54, 1.807) is 54.2 Å². The van der Waals surface area contributed by atoms with Crippen LogP contribution in [0.1, 0.15) is 53.1 Å². The lowest BCUT2D eigenvalue weighted by molar-refractivity contribution is 0.0916. The highest BCUT2D eigenvalue weighted by Gasteiger charge is 2.37. The number of ether oxygens (including phenoxy) is 1. The van der Waals surface area contributed by atoms with E-state index in [0.717, 1.165) is 0 Å². The second kappa shape index (κ2) is 13.2. The molecule has 4 rings (SSSR count). The van der Waals surface area contributed by atoms with Gasteiger partial charge in [-0.3, -0.25) is 14.7 Å². The molecule has 13 heteroatoms. The molecule has 40 heavy (non-hydrogen) atoms. The maximum atomic E-state index is 13.9. The summed E-state index contributed by atoms with van der Waals surface area (Å²) in [4.78, 5) is 26.0. The monoisotopic (exact) mass is 607 g/mol. The number of amides is 1. The lowest BCUT2D eigenvalue weighted by Crippen LogP contribution is -2.46. The number of hydrogen-bond donors (Lipinski definition) is 3. The molecule has 10 nitrogen and oxygen atoms in total. The third-order valence-corrected chi connectivity index (χ3v) is 9.50. The standard InChI is InChI=1S/C27H32Cl2N5O5P/c1-17(2)33-40(37,39-21-9-7-20(38-3)8-10-21)34-13-11-19(12-14-34)31-27(36)26-18(16-30-32-26)15-24(35)25-22(28)5-4-6-23(25)29/h4-10,16-17,19H,11-15H2,1-3H3,(H,30,32)(H,31,36)(H,33,37). The minimum atomic E-state index is -3.41. The minimum Gasteiger partial charge on any atom is -0.497 e. The van der Waals surface area contributed by atoms with Crippen LogP contribution in [-0.4, -0.2) is 58.8 Å². The fourth-order valence-corrected chi connectivity index (χ4v) is 7.23. The van der Waals surface area contributed by atoms with Crippen LogP contribution < -0.4 is 19.7 Å². The summed E-state index contributed by atoms with van der Waals surface area (Å²) in [5.74, 6) is 0.451. The molecule has 1 saturated heterocycles. The van der Waals surface area contributed by atoms with Gasteiger partial charge in [0.2, 0.25) is 0 Å². The molecule has 0 bridgehead atoms. The number of benzene rings is 2. The van der Waals surface area contributed by atoms with E-state index in [1.807, 2.05) is 13.8 Å². The van der Waals surface area contributed by atoms with Gasteiger partial charge in [0, 0.05) is 37.2 Å². The summed E-state index contributed by atoms with van der Waals surface area (Å²) in [6.07, 6.45) is 2.47. The van der Waals surface area contributed by atoms with Crippen molar-refractivity contribution in [1.82, 2.24) is 25.3 Å². The molecule has 2 aromatic carbocycles. The second-order valence-electron chi connectivity index (χ2n) is 9.74. The van der Waals surface area contributed by atoms with Crippen molar-refractivity contribution >= 4 is 42.6 Å². The normalized spacial score (nSPS) is 15.9. The first kappa shape index (κ1) is 30.1. The molecule has 2 heterocycles. The molecule has 1 amide bonds. The Morgan fingerprint density at radius 1 is 1.10 bits per heavy atom. The first-order chi connectivity index (χ1) is 19.1. The summed E-state index contributed by atoms with van der Waals surface area (Å²) in [5.41, 5.74) is 0.852. The number of methoxy groups -OCH3 is 1. The number of H-pyrrole nitrogens is 1. The van der Waals surface area contributed by atoms with Crippen LogP contribution in [0.2, 0.25) is 10.0 Å². The van der Waals surface area contributed by atoms with E-state index in [-0.39, 0.29) is 51.5 Å². The smallest absolute Gasteiger partial charge is 0.393 e. The molecule has 1 unspecified atom stereocenters. The summed E-state index contributed by atoms with van der Waals surface area (Å²) in [6.45, 7) is 4.70. The molecular weight excluding hydrogens is 576 g/mol. The summed E-state index contributed by atoms with van der Waals surface area (Å²) in [5, 5.41) is 13.3. The highest BCUT2D eigenvalue weighted by Crippen LogP contribution is 2.49. The van der Waals surface area contributed by atoms with Crippen LogP contribution in [0, 0.1) is 0 Å². The number of Topliss-reactive ketones (excluding diaryl/α,β-unsaturated/α-hetero) is 1. The van der Waals surface area contributed by atoms with Gasteiger partial charge in [0.25, 0.3) is 5.91 Å². The number of nitrogens with one attached hydrogen (secondary N) is 3. The number of hydrogen-bond acceptors (Lipinski definition) is 6. The van der Waals surface area contributed by atoms with E-state index in [2.05, 4.69) is 20.6 Å². The molecule has 1 fully saturated rings. The predicted octanol–water partition coefficient (Wildman–Crippen LogP) is 5.53. The van der Waals surface area contributed by atoms with E-state index in [0.29, 0.717) is 43.0 Å². The molecular formula is C27H32Cl2N5O5P. The summed E-state index contributed by atoms with van der Waals surface area (Å²) >= 11 is 12.3. The van der Waals surface area contributed by atoms with Crippen LogP contribution >= 0.6 is 30.9 Å². The number of halogens is 2. The van der Waals surface area contributed by atoms with Crippen LogP contribution in [0.5, 0.6) is 11.5 Å². The van der Waals surface area contributed by atoms with Crippen molar-refractivity contribution < 1.29 is 23.4 Å². The Hall–Kier alpha value is -2.88. The third kappa shape index (κ3) is 7.25. The molecule has 1 aliphatic heterocycles. The van der Waals surface area contributed by atoms with Crippen LogP contribution in [0.15, 0.2) is 48.7 Å². The highest BCUT2D eigenvalue weighted by atomic mass is 35.5. The number of rotatable bonds is 11. The van der Waals surface area contributed by atoms with E-state index in [9.17, 15) is 14.2 Å². The third-order valence-electron chi connectivity index (χ3n) is 6.43. The highest BCUT2D eigenvalue weighted by molar-refractivity contribution is 7.54. The molecule has 3 N–H and O–H groups in total. The molecule has 0 radical (unpaired) electrons. The van der Waals surface area contributed by atoms with Gasteiger partial charge in [0.15, 0.2) is 5.78 Å². The topological polar surface area (TPSA) is 126 Å². The van der Waals surface area contributed by atoms with Crippen LogP contribution in [0.25, 0.3) is 0 Å². The SMILES string of the molecule is COc1ccc(OP(=O)(NC(C)C)N2CCC(NC(=O)c3[nH]ncc3CC(=O)c3c(Cl)cccc3Cl)CC2)cc1. The van der Waals surface area contributed by atoms with Gasteiger partial charge in [-0.25, -0.2) is 14.3 Å². The molecule has 0 spiro atoms. The van der Waals surface area contributed by atoms with Crippen molar-refractivity contribution in [2.24, 2.45) is 0 Å². The molecule has 1 atom stereocenters. The first-order valence-corrected chi connectivity index (χ1v) is 15.2. The van der Waals surface area contributed by atoms with Crippen LogP contribution in [0.4, 0.5) is 0 Å². The zero-order chi connectivity index (χ0) is 28.9. The average Bonchev–Trinajstić information content (AvgIpc) is 3.37. The van der Waals surface area contributed by atoms with Gasteiger partial charge in [-0.1, -0.05) is 29.3 Å². The number of carbonyl (C=O) groups excluding carboxylic acids is 2. The first-order valence-electron chi connectivity index (χ1n) is 12.9. The number of piperidine rings is 1. The summed E-state index contributed by atoms with van der Waals surface area (Å²) in [7, 11) is -1.84. The molecule has 0 aliphatic carbocycles. The van der Waals surface area contributed by atoms with E-state index >= 15 is 0 Å². The maximum absolute atomic E-state index is 13.9. The minimum absolute atomic E-state index is 0.0799. The predicted molar refractivity (Wildman–Crippen MR) is 155 cm³/mol. The Kier molecular flexibility index (Phi) is 9.92. The van der Waals surface area contributed by atoms with Crippen molar-refractivity contribution in [2.75, 3.05) is 20.2 Å². The van der Waals surface area contributed by atoms with Gasteiger partial charge >= 0.3 is 7.67 Å². The van der Waals surface area contributed by atoms with E-state index < -0.39 is 7.67 Å². The number of aromatic amines is 1. The van der Waals surface area contributed by atoms with Gasteiger partial charge in [-0.15, -0.1) is 0 Å². The Bertz CT molecular complexity index is 1370. The zero-order valence-electron chi connectivity index (χ0n) is 22.4. The molecule has 1 aliphatic rings. The maximum Gasteiger partial charge on any atom is 0.393 e. The van der Waals surface area contributed by atoms with Crippen molar-refractivity contribution in [2.45, 2.75) is 45.2 Å². The van der Waals surface area contributed by atoms with Gasteiger partial charge in [0.1, 0.15) is 17.2 Å². The van der Waals surface area contributed by atoms with Gasteiger partial charge in [-0.2, -0.15) is 5.10 Å². The fraction of sp³-hybridized carbons (Fsp3) is 0.370. The van der Waals surface area contributed by atoms with Gasteiger partial charge in [0.05, 0.1) is 28.9 Å². The molecule has 3 aromatic rings. The average molecular weight is 608 g/mol. The quantitative estimate of drug-likeness (QED) is 0.192. The Morgan fingerprint density at radius 2 is 1.73 bits per heavy atom. The second-order valence-corrected chi connectivity index (χ2v) is 12.6. The van der Waals surface area contributed by atoms with Crippen molar-refractivity contribution in [3.05, 3.63) is 75.5 Å². The zero-order valence-corrected chi connectivity index (χ0v) is 24.9. The lowest BCUT2D eigenvalue weighted by Gasteiger charge is -2.37. The van der Waals surface area contributed by atoms with Crippen LogP contribution in [0.3, 0.4) is 0 Å². The Balaban J connectivity index is 1.38. The molecule has 0 saturated carbocycles. The number of ketones is 1. The van der Waals surface area contributed by atoms with E-state index in [1.165, 1.54) is 6.20 Å².